The van der Waals surface area contributed by atoms with E-state index in [0.717, 1.165) is 25.7 Å². The minimum atomic E-state index is -0.746. The lowest BCUT2D eigenvalue weighted by atomic mass is 9.72. The second-order valence-electron chi connectivity index (χ2n) is 5.69. The van der Waals surface area contributed by atoms with Gasteiger partial charge in [-0.2, -0.15) is 0 Å². The van der Waals surface area contributed by atoms with Crippen molar-refractivity contribution < 1.29 is 14.3 Å². The Morgan fingerprint density at radius 1 is 1.25 bits per heavy atom. The van der Waals surface area contributed by atoms with E-state index in [1.54, 1.807) is 4.90 Å². The fourth-order valence-corrected chi connectivity index (χ4v) is 3.68. The molecule has 112 valence electrons. The second-order valence-corrected chi connectivity index (χ2v) is 6.13. The molecule has 1 saturated carbocycles. The molecular weight excluding hydrogens is 276 g/mol. The maximum Gasteiger partial charge on any atom is 0.328 e. The summed E-state index contributed by atoms with van der Waals surface area (Å²) in [7, 11) is 1.35. The zero-order chi connectivity index (χ0) is 14.8. The van der Waals surface area contributed by atoms with Crippen LogP contribution < -0.4 is 5.73 Å². The zero-order valence-electron chi connectivity index (χ0n) is 11.9. The molecule has 0 spiro atoms. The Morgan fingerprint density at radius 2 is 1.90 bits per heavy atom. The molecule has 0 aromatic rings. The van der Waals surface area contributed by atoms with Crippen molar-refractivity contribution in [1.29, 1.82) is 0 Å². The number of nitrogens with zero attached hydrogens (tertiary/aromatic N) is 1. The Kier molecular flexibility index (Phi) is 4.62. The first kappa shape index (κ1) is 15.2. The van der Waals surface area contributed by atoms with Crippen molar-refractivity contribution in [3.8, 4) is 0 Å². The van der Waals surface area contributed by atoms with Gasteiger partial charge in [-0.05, 0) is 25.7 Å². The zero-order valence-corrected chi connectivity index (χ0v) is 12.7. The molecule has 0 aromatic heterocycles. The van der Waals surface area contributed by atoms with Crippen LogP contribution in [-0.4, -0.2) is 41.5 Å². The van der Waals surface area contributed by atoms with Crippen molar-refractivity contribution in [2.75, 3.05) is 13.7 Å². The van der Waals surface area contributed by atoms with Crippen LogP contribution in [0.25, 0.3) is 0 Å². The number of hydrogen-bond acceptors (Lipinski definition) is 4. The van der Waals surface area contributed by atoms with Gasteiger partial charge in [0.25, 0.3) is 0 Å². The summed E-state index contributed by atoms with van der Waals surface area (Å²) in [5.41, 5.74) is 5.15. The molecule has 5 nitrogen and oxygen atoms in total. The number of amides is 1. The summed E-state index contributed by atoms with van der Waals surface area (Å²) < 4.78 is 4.80. The average Bonchev–Trinajstić information content (AvgIpc) is 2.95. The topological polar surface area (TPSA) is 72.6 Å². The molecule has 1 heterocycles. The normalized spacial score (nSPS) is 25.2. The van der Waals surface area contributed by atoms with E-state index < -0.39 is 11.5 Å². The van der Waals surface area contributed by atoms with Crippen LogP contribution in [0.1, 0.15) is 44.9 Å². The fraction of sp³-hybridized carbons (Fsp3) is 0.786. The van der Waals surface area contributed by atoms with E-state index in [4.69, 9.17) is 22.7 Å². The molecule has 0 aromatic carbocycles. The molecule has 2 fully saturated rings. The van der Waals surface area contributed by atoms with Gasteiger partial charge in [0.1, 0.15) is 6.04 Å². The van der Waals surface area contributed by atoms with Crippen LogP contribution in [0, 0.1) is 5.41 Å². The third kappa shape index (κ3) is 2.53. The van der Waals surface area contributed by atoms with Gasteiger partial charge in [-0.1, -0.05) is 31.5 Å². The smallest absolute Gasteiger partial charge is 0.328 e. The van der Waals surface area contributed by atoms with Crippen molar-refractivity contribution in [3.05, 3.63) is 0 Å². The predicted molar refractivity (Wildman–Crippen MR) is 79.1 cm³/mol. The van der Waals surface area contributed by atoms with E-state index in [1.807, 2.05) is 0 Å². The molecule has 2 rings (SSSR count). The summed E-state index contributed by atoms with van der Waals surface area (Å²) in [5.74, 6) is -0.414. The van der Waals surface area contributed by atoms with Crippen molar-refractivity contribution in [2.45, 2.75) is 51.0 Å². The van der Waals surface area contributed by atoms with E-state index in [2.05, 4.69) is 0 Å². The molecule has 2 aliphatic rings. The molecule has 1 unspecified atom stereocenters. The first-order valence-electron chi connectivity index (χ1n) is 7.22. The lowest BCUT2D eigenvalue weighted by molar-refractivity contribution is -0.154. The average molecular weight is 298 g/mol. The van der Waals surface area contributed by atoms with Gasteiger partial charge in [0, 0.05) is 6.54 Å². The molecule has 0 radical (unpaired) electrons. The molecule has 1 aliphatic heterocycles. The first-order valence-corrected chi connectivity index (χ1v) is 7.62. The van der Waals surface area contributed by atoms with Crippen LogP contribution in [0.3, 0.4) is 0 Å². The highest BCUT2D eigenvalue weighted by Gasteiger charge is 2.48. The monoisotopic (exact) mass is 298 g/mol. The van der Waals surface area contributed by atoms with Crippen LogP contribution in [0.4, 0.5) is 0 Å². The van der Waals surface area contributed by atoms with Crippen molar-refractivity contribution in [1.82, 2.24) is 4.90 Å². The number of ether oxygens (including phenoxy) is 1. The predicted octanol–water partition coefficient (Wildman–Crippen LogP) is 1.39. The molecule has 2 N–H and O–H groups in total. The van der Waals surface area contributed by atoms with Gasteiger partial charge in [-0.15, -0.1) is 0 Å². The minimum absolute atomic E-state index is 0.0717. The van der Waals surface area contributed by atoms with Crippen LogP contribution in [0.2, 0.25) is 0 Å². The van der Waals surface area contributed by atoms with Gasteiger partial charge < -0.3 is 15.4 Å². The quantitative estimate of drug-likeness (QED) is 0.629. The van der Waals surface area contributed by atoms with Gasteiger partial charge in [0.2, 0.25) is 5.91 Å². The maximum absolute atomic E-state index is 12.9. The van der Waals surface area contributed by atoms with Gasteiger partial charge in [-0.25, -0.2) is 4.79 Å². The van der Waals surface area contributed by atoms with Crippen LogP contribution in [0.15, 0.2) is 0 Å². The van der Waals surface area contributed by atoms with E-state index in [0.29, 0.717) is 25.8 Å². The summed E-state index contributed by atoms with van der Waals surface area (Å²) in [4.78, 5) is 26.7. The highest BCUT2D eigenvalue weighted by Crippen LogP contribution is 2.40. The first-order chi connectivity index (χ1) is 9.53. The summed E-state index contributed by atoms with van der Waals surface area (Å²) in [6.07, 6.45) is 5.90. The molecule has 6 heteroatoms. The lowest BCUT2D eigenvalue weighted by Crippen LogP contribution is -2.54. The van der Waals surface area contributed by atoms with Gasteiger partial charge in [0.05, 0.1) is 17.5 Å². The van der Waals surface area contributed by atoms with Crippen molar-refractivity contribution >= 4 is 29.1 Å². The number of likely N-dealkylation sites (tertiary alicyclic amines) is 1. The Bertz CT molecular complexity index is 419. The van der Waals surface area contributed by atoms with E-state index in [9.17, 15) is 9.59 Å². The SMILES string of the molecule is COC(=O)C1CCCN1C(=O)C1(C(N)=S)CCCCC1. The Balaban J connectivity index is 2.23. The van der Waals surface area contributed by atoms with Gasteiger partial charge in [0.15, 0.2) is 0 Å². The third-order valence-electron chi connectivity index (χ3n) is 4.58. The van der Waals surface area contributed by atoms with E-state index >= 15 is 0 Å². The van der Waals surface area contributed by atoms with Gasteiger partial charge in [-0.3, -0.25) is 4.79 Å². The largest absolute Gasteiger partial charge is 0.467 e. The number of carbonyl (C=O) groups excluding carboxylic acids is 2. The van der Waals surface area contributed by atoms with Crippen molar-refractivity contribution in [2.24, 2.45) is 11.1 Å². The Labute approximate surface area is 124 Å². The second kappa shape index (κ2) is 6.08. The Morgan fingerprint density at radius 3 is 2.45 bits per heavy atom. The summed E-state index contributed by atoms with van der Waals surface area (Å²) in [6.45, 7) is 0.586. The van der Waals surface area contributed by atoms with Crippen LogP contribution in [-0.2, 0) is 14.3 Å². The third-order valence-corrected chi connectivity index (χ3v) is 4.97. The molecule has 1 saturated heterocycles. The molecule has 1 atom stereocenters. The molecule has 1 aliphatic carbocycles. The standard InChI is InChI=1S/C14H22N2O3S/c1-19-11(17)10-6-5-9-16(10)13(18)14(12(15)20)7-3-2-4-8-14/h10H,2-9H2,1H3,(H2,15,20). The molecule has 0 bridgehead atoms. The molecule has 1 amide bonds. The van der Waals surface area contributed by atoms with Crippen LogP contribution >= 0.6 is 12.2 Å². The van der Waals surface area contributed by atoms with Gasteiger partial charge >= 0.3 is 5.97 Å². The molecular formula is C14H22N2O3S. The number of esters is 1. The summed E-state index contributed by atoms with van der Waals surface area (Å²) in [6, 6.07) is -0.472. The minimum Gasteiger partial charge on any atom is -0.467 e. The molecule has 20 heavy (non-hydrogen) atoms. The van der Waals surface area contributed by atoms with E-state index in [1.165, 1.54) is 7.11 Å². The lowest BCUT2D eigenvalue weighted by Gasteiger charge is -2.39. The summed E-state index contributed by atoms with van der Waals surface area (Å²) >= 11 is 5.19. The maximum atomic E-state index is 12.9. The number of rotatable bonds is 3. The Hall–Kier alpha value is -1.17. The van der Waals surface area contributed by atoms with Crippen LogP contribution in [0.5, 0.6) is 0 Å². The number of methoxy groups -OCH3 is 1. The number of carbonyl (C=O) groups is 2. The number of hydrogen-bond donors (Lipinski definition) is 1. The highest BCUT2D eigenvalue weighted by molar-refractivity contribution is 7.80. The summed E-state index contributed by atoms with van der Waals surface area (Å²) in [5, 5.41) is 0. The van der Waals surface area contributed by atoms with E-state index in [-0.39, 0.29) is 16.9 Å². The van der Waals surface area contributed by atoms with Crippen molar-refractivity contribution in [3.63, 3.8) is 0 Å². The fourth-order valence-electron chi connectivity index (χ4n) is 3.39. The number of nitrogens with two attached hydrogens (primary N) is 1. The number of thiocarbonyl (C=S) groups is 1. The highest BCUT2D eigenvalue weighted by atomic mass is 32.1.